The van der Waals surface area contributed by atoms with Crippen LogP contribution in [-0.2, 0) is 6.54 Å². The van der Waals surface area contributed by atoms with Crippen LogP contribution in [0.3, 0.4) is 0 Å². The van der Waals surface area contributed by atoms with Gasteiger partial charge in [0.2, 0.25) is 0 Å². The second-order valence-electron chi connectivity index (χ2n) is 4.25. The van der Waals surface area contributed by atoms with E-state index in [2.05, 4.69) is 10.3 Å². The van der Waals surface area contributed by atoms with Gasteiger partial charge in [-0.05, 0) is 36.2 Å². The van der Waals surface area contributed by atoms with Crippen LogP contribution in [0.25, 0.3) is 0 Å². The number of aryl methyl sites for hydroxylation is 1. The molecule has 2 aromatic rings. The Labute approximate surface area is 111 Å². The number of nitrogens with two attached hydrogens (primary N) is 1. The molecule has 19 heavy (non-hydrogen) atoms. The van der Waals surface area contributed by atoms with Gasteiger partial charge in [0, 0.05) is 6.54 Å². The first-order valence-corrected chi connectivity index (χ1v) is 5.88. The van der Waals surface area contributed by atoms with Gasteiger partial charge in [0.05, 0.1) is 19.0 Å². The smallest absolute Gasteiger partial charge is 0.165 e. The highest BCUT2D eigenvalue weighted by Gasteiger charge is 2.04. The molecule has 0 atom stereocenters. The molecular formula is C14H16FN3O. The Hall–Kier alpha value is -2.30. The molecular weight excluding hydrogens is 245 g/mol. The summed E-state index contributed by atoms with van der Waals surface area (Å²) in [5, 5.41) is 3.12. The van der Waals surface area contributed by atoms with E-state index >= 15 is 0 Å². The summed E-state index contributed by atoms with van der Waals surface area (Å²) in [6, 6.07) is 6.71. The molecule has 0 aliphatic carbocycles. The van der Waals surface area contributed by atoms with Gasteiger partial charge in [-0.25, -0.2) is 9.37 Å². The Bertz CT molecular complexity index is 587. The minimum atomic E-state index is -0.372. The van der Waals surface area contributed by atoms with Gasteiger partial charge in [-0.2, -0.15) is 0 Å². The van der Waals surface area contributed by atoms with E-state index < -0.39 is 0 Å². The minimum absolute atomic E-state index is 0.241. The lowest BCUT2D eigenvalue weighted by Gasteiger charge is -2.09. The third-order valence-corrected chi connectivity index (χ3v) is 2.84. The molecule has 1 aromatic heterocycles. The Morgan fingerprint density at radius 1 is 1.37 bits per heavy atom. The maximum Gasteiger partial charge on any atom is 0.165 e. The van der Waals surface area contributed by atoms with Gasteiger partial charge in [-0.1, -0.05) is 6.07 Å². The number of aromatic nitrogens is 1. The molecule has 0 fully saturated rings. The predicted molar refractivity (Wildman–Crippen MR) is 73.7 cm³/mol. The van der Waals surface area contributed by atoms with Crippen LogP contribution < -0.4 is 15.8 Å². The summed E-state index contributed by atoms with van der Waals surface area (Å²) < 4.78 is 18.4. The van der Waals surface area contributed by atoms with Crippen molar-refractivity contribution in [2.75, 3.05) is 18.2 Å². The number of benzene rings is 1. The van der Waals surface area contributed by atoms with Crippen molar-refractivity contribution in [1.82, 2.24) is 4.98 Å². The summed E-state index contributed by atoms with van der Waals surface area (Å²) in [5.41, 5.74) is 8.12. The van der Waals surface area contributed by atoms with E-state index in [0.717, 1.165) is 11.1 Å². The number of nitrogens with one attached hydrogen (secondary N) is 1. The fourth-order valence-electron chi connectivity index (χ4n) is 1.68. The molecule has 5 heteroatoms. The van der Waals surface area contributed by atoms with E-state index in [-0.39, 0.29) is 11.6 Å². The summed E-state index contributed by atoms with van der Waals surface area (Å²) in [6.45, 7) is 2.40. The number of hydrogen-bond donors (Lipinski definition) is 2. The maximum absolute atomic E-state index is 13.5. The molecule has 0 unspecified atom stereocenters. The number of halogens is 1. The number of nitrogens with zero attached hydrogens (tertiary/aromatic N) is 1. The molecule has 0 saturated carbocycles. The molecule has 0 bridgehead atoms. The number of rotatable bonds is 4. The lowest BCUT2D eigenvalue weighted by atomic mass is 10.2. The van der Waals surface area contributed by atoms with Gasteiger partial charge in [0.1, 0.15) is 5.82 Å². The number of hydrogen-bond acceptors (Lipinski definition) is 4. The van der Waals surface area contributed by atoms with Crippen LogP contribution in [0.15, 0.2) is 30.5 Å². The summed E-state index contributed by atoms with van der Waals surface area (Å²) in [7, 11) is 1.44. The summed E-state index contributed by atoms with van der Waals surface area (Å²) in [6.07, 6.45) is 1.60. The van der Waals surface area contributed by atoms with Gasteiger partial charge in [-0.3, -0.25) is 0 Å². The molecule has 100 valence electrons. The molecule has 0 spiro atoms. The SMILES string of the molecule is COc1ccc(CNc2cc(C)c(N)cn2)cc1F. The largest absolute Gasteiger partial charge is 0.494 e. The second-order valence-corrected chi connectivity index (χ2v) is 4.25. The molecule has 0 aliphatic heterocycles. The quantitative estimate of drug-likeness (QED) is 0.888. The van der Waals surface area contributed by atoms with E-state index in [4.69, 9.17) is 10.5 Å². The zero-order valence-electron chi connectivity index (χ0n) is 10.9. The minimum Gasteiger partial charge on any atom is -0.494 e. The first-order valence-electron chi connectivity index (χ1n) is 5.88. The van der Waals surface area contributed by atoms with Gasteiger partial charge in [-0.15, -0.1) is 0 Å². The van der Waals surface area contributed by atoms with Crippen molar-refractivity contribution in [3.63, 3.8) is 0 Å². The van der Waals surface area contributed by atoms with Gasteiger partial charge in [0.25, 0.3) is 0 Å². The average molecular weight is 261 g/mol. The molecule has 2 rings (SSSR count). The van der Waals surface area contributed by atoms with Crippen LogP contribution in [0.1, 0.15) is 11.1 Å². The Kier molecular flexibility index (Phi) is 3.85. The summed E-state index contributed by atoms with van der Waals surface area (Å²) in [4.78, 5) is 4.16. The second kappa shape index (κ2) is 5.56. The molecule has 1 heterocycles. The van der Waals surface area contributed by atoms with Crippen LogP contribution >= 0.6 is 0 Å². The van der Waals surface area contributed by atoms with Crippen molar-refractivity contribution in [2.24, 2.45) is 0 Å². The monoisotopic (exact) mass is 261 g/mol. The van der Waals surface area contributed by atoms with Crippen molar-refractivity contribution in [1.29, 1.82) is 0 Å². The lowest BCUT2D eigenvalue weighted by Crippen LogP contribution is -2.03. The Morgan fingerprint density at radius 3 is 2.79 bits per heavy atom. The average Bonchev–Trinajstić information content (AvgIpc) is 2.40. The fourth-order valence-corrected chi connectivity index (χ4v) is 1.68. The lowest BCUT2D eigenvalue weighted by molar-refractivity contribution is 0.386. The van der Waals surface area contributed by atoms with Crippen molar-refractivity contribution in [3.8, 4) is 5.75 Å². The summed E-state index contributed by atoms with van der Waals surface area (Å²) in [5.74, 6) is 0.580. The van der Waals surface area contributed by atoms with Crippen LogP contribution in [0, 0.1) is 12.7 Å². The van der Waals surface area contributed by atoms with Crippen molar-refractivity contribution in [3.05, 3.63) is 47.4 Å². The summed E-state index contributed by atoms with van der Waals surface area (Å²) >= 11 is 0. The first-order chi connectivity index (χ1) is 9.10. The van der Waals surface area contributed by atoms with Crippen LogP contribution in [-0.4, -0.2) is 12.1 Å². The molecule has 0 amide bonds. The zero-order valence-corrected chi connectivity index (χ0v) is 10.9. The number of nitrogen functional groups attached to an aromatic ring is 1. The van der Waals surface area contributed by atoms with Gasteiger partial charge >= 0.3 is 0 Å². The molecule has 1 aromatic carbocycles. The molecule has 0 saturated heterocycles. The van der Waals surface area contributed by atoms with Crippen molar-refractivity contribution < 1.29 is 9.13 Å². The fraction of sp³-hybridized carbons (Fsp3) is 0.214. The Balaban J connectivity index is 2.05. The number of ether oxygens (including phenoxy) is 1. The number of methoxy groups -OCH3 is 1. The first kappa shape index (κ1) is 13.1. The molecule has 0 aliphatic rings. The highest BCUT2D eigenvalue weighted by Crippen LogP contribution is 2.19. The van der Waals surface area contributed by atoms with Crippen LogP contribution in [0.5, 0.6) is 5.75 Å². The Morgan fingerprint density at radius 2 is 2.16 bits per heavy atom. The zero-order chi connectivity index (χ0) is 13.8. The van der Waals surface area contributed by atoms with Crippen LogP contribution in [0.4, 0.5) is 15.9 Å². The highest BCUT2D eigenvalue weighted by atomic mass is 19.1. The van der Waals surface area contributed by atoms with E-state index in [9.17, 15) is 4.39 Å². The topological polar surface area (TPSA) is 60.2 Å². The van der Waals surface area contributed by atoms with Gasteiger partial charge < -0.3 is 15.8 Å². The molecule has 0 radical (unpaired) electrons. The molecule has 4 nitrogen and oxygen atoms in total. The van der Waals surface area contributed by atoms with Crippen molar-refractivity contribution >= 4 is 11.5 Å². The third kappa shape index (κ3) is 3.13. The maximum atomic E-state index is 13.5. The van der Waals surface area contributed by atoms with E-state index in [1.165, 1.54) is 13.2 Å². The number of anilines is 2. The highest BCUT2D eigenvalue weighted by molar-refractivity contribution is 5.51. The standard InChI is InChI=1S/C14H16FN3O/c1-9-5-14(18-8-12(9)16)17-7-10-3-4-13(19-2)11(15)6-10/h3-6,8H,7,16H2,1-2H3,(H,17,18). The van der Waals surface area contributed by atoms with Crippen molar-refractivity contribution in [2.45, 2.75) is 13.5 Å². The number of pyridine rings is 1. The van der Waals surface area contributed by atoms with E-state index in [1.54, 1.807) is 18.3 Å². The van der Waals surface area contributed by atoms with E-state index in [1.807, 2.05) is 13.0 Å². The predicted octanol–water partition coefficient (Wildman–Crippen LogP) is 2.73. The van der Waals surface area contributed by atoms with E-state index in [0.29, 0.717) is 18.1 Å². The van der Waals surface area contributed by atoms with Crippen LogP contribution in [0.2, 0.25) is 0 Å². The molecule has 3 N–H and O–H groups in total. The van der Waals surface area contributed by atoms with Gasteiger partial charge in [0.15, 0.2) is 11.6 Å². The normalized spacial score (nSPS) is 10.3. The third-order valence-electron chi connectivity index (χ3n) is 2.84.